The number of carbonyl (C=O) groups excluding carboxylic acids is 1. The highest BCUT2D eigenvalue weighted by Crippen LogP contribution is 2.29. The van der Waals surface area contributed by atoms with Gasteiger partial charge in [0.05, 0.1) is 0 Å². The Morgan fingerprint density at radius 2 is 1.65 bits per heavy atom. The second-order valence-electron chi connectivity index (χ2n) is 5.48. The Balaban J connectivity index is 1.46. The molecule has 0 bridgehead atoms. The van der Waals surface area contributed by atoms with Crippen molar-refractivity contribution < 1.29 is 14.1 Å². The van der Waals surface area contributed by atoms with E-state index < -0.39 is 5.97 Å². The van der Waals surface area contributed by atoms with Crippen LogP contribution in [0, 0.1) is 0 Å². The third kappa shape index (κ3) is 3.41. The van der Waals surface area contributed by atoms with Crippen LogP contribution >= 0.6 is 11.3 Å². The Labute approximate surface area is 153 Å². The molecule has 4 rings (SSSR count). The van der Waals surface area contributed by atoms with Crippen molar-refractivity contribution >= 4 is 17.3 Å². The molecule has 0 saturated carbocycles. The molecule has 0 fully saturated rings. The lowest BCUT2D eigenvalue weighted by molar-refractivity contribution is 0.0436. The smallest absolute Gasteiger partial charge is 0.349 e. The number of hydrogen-bond donors (Lipinski definition) is 0. The van der Waals surface area contributed by atoms with Crippen LogP contribution in [-0.2, 0) is 11.3 Å². The minimum Gasteiger partial charge on any atom is -0.451 e. The monoisotopic (exact) mass is 362 g/mol. The molecular formula is C20H14N2O3S. The van der Waals surface area contributed by atoms with Gasteiger partial charge >= 0.3 is 5.97 Å². The molecule has 2 aromatic heterocycles. The topological polar surface area (TPSA) is 65.2 Å². The fraction of sp³-hybridized carbons (Fsp3) is 0.0500. The van der Waals surface area contributed by atoms with Gasteiger partial charge in [0.15, 0.2) is 6.61 Å². The Morgan fingerprint density at radius 1 is 0.962 bits per heavy atom. The summed E-state index contributed by atoms with van der Waals surface area (Å²) in [7, 11) is 0. The number of hydrogen-bond acceptors (Lipinski definition) is 6. The summed E-state index contributed by atoms with van der Waals surface area (Å²) in [5.41, 5.74) is 2.68. The van der Waals surface area contributed by atoms with Crippen LogP contribution < -0.4 is 0 Å². The predicted molar refractivity (Wildman–Crippen MR) is 98.6 cm³/mol. The molecular weight excluding hydrogens is 348 g/mol. The molecule has 2 heterocycles. The zero-order valence-electron chi connectivity index (χ0n) is 13.7. The summed E-state index contributed by atoms with van der Waals surface area (Å²) < 4.78 is 10.5. The SMILES string of the molecule is O=C(OCc1nc(-c2ccccc2)no1)c1sccc1-c1ccccc1. The fourth-order valence-corrected chi connectivity index (χ4v) is 3.33. The molecule has 0 aliphatic carbocycles. The molecule has 2 aromatic carbocycles. The maximum Gasteiger partial charge on any atom is 0.349 e. The average Bonchev–Trinajstić information content (AvgIpc) is 3.37. The second-order valence-corrected chi connectivity index (χ2v) is 6.40. The first-order valence-corrected chi connectivity index (χ1v) is 8.87. The number of ether oxygens (including phenoxy) is 1. The van der Waals surface area contributed by atoms with Gasteiger partial charge in [-0.15, -0.1) is 11.3 Å². The predicted octanol–water partition coefficient (Wildman–Crippen LogP) is 4.82. The molecule has 0 amide bonds. The van der Waals surface area contributed by atoms with E-state index in [0.717, 1.165) is 16.7 Å². The molecule has 4 aromatic rings. The van der Waals surface area contributed by atoms with E-state index in [0.29, 0.717) is 10.7 Å². The van der Waals surface area contributed by atoms with E-state index in [1.54, 1.807) is 0 Å². The molecule has 0 aliphatic rings. The van der Waals surface area contributed by atoms with Gasteiger partial charge in [0.1, 0.15) is 4.88 Å². The summed E-state index contributed by atoms with van der Waals surface area (Å²) >= 11 is 1.35. The van der Waals surface area contributed by atoms with E-state index in [1.165, 1.54) is 11.3 Å². The number of benzene rings is 2. The van der Waals surface area contributed by atoms with Crippen LogP contribution in [0.2, 0.25) is 0 Å². The highest BCUT2D eigenvalue weighted by molar-refractivity contribution is 7.12. The number of aromatic nitrogens is 2. The van der Waals surface area contributed by atoms with Gasteiger partial charge in [0, 0.05) is 11.1 Å². The average molecular weight is 362 g/mol. The van der Waals surface area contributed by atoms with Crippen LogP contribution in [0.5, 0.6) is 0 Å². The zero-order valence-corrected chi connectivity index (χ0v) is 14.5. The molecule has 26 heavy (non-hydrogen) atoms. The molecule has 0 N–H and O–H groups in total. The van der Waals surface area contributed by atoms with Crippen molar-refractivity contribution in [2.24, 2.45) is 0 Å². The minimum atomic E-state index is -0.404. The third-order valence-corrected chi connectivity index (χ3v) is 4.66. The Kier molecular flexibility index (Phi) is 4.57. The second kappa shape index (κ2) is 7.33. The molecule has 6 heteroatoms. The van der Waals surface area contributed by atoms with Crippen molar-refractivity contribution in [2.45, 2.75) is 6.61 Å². The lowest BCUT2D eigenvalue weighted by atomic mass is 10.1. The molecule has 0 aliphatic heterocycles. The highest BCUT2D eigenvalue weighted by atomic mass is 32.1. The third-order valence-electron chi connectivity index (χ3n) is 3.76. The summed E-state index contributed by atoms with van der Waals surface area (Å²) in [5, 5.41) is 5.79. The number of carbonyl (C=O) groups is 1. The number of rotatable bonds is 5. The van der Waals surface area contributed by atoms with Gasteiger partial charge in [0.2, 0.25) is 5.82 Å². The molecule has 0 unspecified atom stereocenters. The quantitative estimate of drug-likeness (QED) is 0.476. The van der Waals surface area contributed by atoms with Crippen molar-refractivity contribution in [2.75, 3.05) is 0 Å². The van der Waals surface area contributed by atoms with Crippen LogP contribution in [0.4, 0.5) is 0 Å². The molecule has 0 radical (unpaired) electrons. The molecule has 128 valence electrons. The van der Waals surface area contributed by atoms with E-state index in [4.69, 9.17) is 9.26 Å². The van der Waals surface area contributed by atoms with Crippen LogP contribution in [0.25, 0.3) is 22.5 Å². The lowest BCUT2D eigenvalue weighted by Gasteiger charge is -2.04. The number of thiophene rings is 1. The standard InChI is InChI=1S/C20H14N2O3S/c23-20(18-16(11-12-26-18)14-7-3-1-4-8-14)24-13-17-21-19(22-25-17)15-9-5-2-6-10-15/h1-12H,13H2. The maximum atomic E-state index is 12.4. The van der Waals surface area contributed by atoms with Crippen molar-refractivity contribution in [3.05, 3.63) is 82.9 Å². The van der Waals surface area contributed by atoms with E-state index in [-0.39, 0.29) is 12.5 Å². The van der Waals surface area contributed by atoms with Crippen LogP contribution in [0.3, 0.4) is 0 Å². The normalized spacial score (nSPS) is 10.6. The number of nitrogens with zero attached hydrogens (tertiary/aromatic N) is 2. The van der Waals surface area contributed by atoms with Gasteiger partial charge in [-0.2, -0.15) is 4.98 Å². The highest BCUT2D eigenvalue weighted by Gasteiger charge is 2.17. The summed E-state index contributed by atoms with van der Waals surface area (Å²) in [6, 6.07) is 21.1. The minimum absolute atomic E-state index is 0.0647. The van der Waals surface area contributed by atoms with Crippen molar-refractivity contribution in [3.8, 4) is 22.5 Å². The molecule has 0 spiro atoms. The fourth-order valence-electron chi connectivity index (χ4n) is 2.52. The largest absolute Gasteiger partial charge is 0.451 e. The Hall–Kier alpha value is -3.25. The Bertz CT molecular complexity index is 1010. The van der Waals surface area contributed by atoms with E-state index in [2.05, 4.69) is 10.1 Å². The van der Waals surface area contributed by atoms with Crippen LogP contribution in [0.1, 0.15) is 15.6 Å². The lowest BCUT2D eigenvalue weighted by Crippen LogP contribution is -2.04. The summed E-state index contributed by atoms with van der Waals surface area (Å²) in [6.07, 6.45) is 0. The van der Waals surface area contributed by atoms with E-state index in [1.807, 2.05) is 72.1 Å². The summed E-state index contributed by atoms with van der Waals surface area (Å²) in [5.74, 6) is 0.325. The van der Waals surface area contributed by atoms with E-state index in [9.17, 15) is 4.79 Å². The summed E-state index contributed by atoms with van der Waals surface area (Å²) in [4.78, 5) is 17.3. The van der Waals surface area contributed by atoms with Crippen molar-refractivity contribution in [3.63, 3.8) is 0 Å². The van der Waals surface area contributed by atoms with Gasteiger partial charge in [-0.05, 0) is 17.0 Å². The van der Waals surface area contributed by atoms with Gasteiger partial charge in [-0.3, -0.25) is 0 Å². The first-order valence-electron chi connectivity index (χ1n) is 7.99. The van der Waals surface area contributed by atoms with Gasteiger partial charge in [0.25, 0.3) is 5.89 Å². The van der Waals surface area contributed by atoms with Gasteiger partial charge in [-0.1, -0.05) is 65.8 Å². The van der Waals surface area contributed by atoms with E-state index >= 15 is 0 Å². The Morgan fingerprint density at radius 3 is 2.38 bits per heavy atom. The molecule has 5 nitrogen and oxygen atoms in total. The first kappa shape index (κ1) is 16.2. The zero-order chi connectivity index (χ0) is 17.8. The summed E-state index contributed by atoms with van der Waals surface area (Å²) in [6.45, 7) is -0.0647. The van der Waals surface area contributed by atoms with Crippen molar-refractivity contribution in [1.29, 1.82) is 0 Å². The molecule has 0 saturated heterocycles. The number of esters is 1. The van der Waals surface area contributed by atoms with Gasteiger partial charge in [-0.25, -0.2) is 4.79 Å². The van der Waals surface area contributed by atoms with Gasteiger partial charge < -0.3 is 9.26 Å². The van der Waals surface area contributed by atoms with Crippen LogP contribution in [-0.4, -0.2) is 16.1 Å². The maximum absolute atomic E-state index is 12.4. The van der Waals surface area contributed by atoms with Crippen molar-refractivity contribution in [1.82, 2.24) is 10.1 Å². The molecule has 0 atom stereocenters. The van der Waals surface area contributed by atoms with Crippen LogP contribution in [0.15, 0.2) is 76.6 Å². The first-order chi connectivity index (χ1) is 12.8.